The van der Waals surface area contributed by atoms with Gasteiger partial charge in [0.1, 0.15) is 0 Å². The Morgan fingerprint density at radius 3 is 2.47 bits per heavy atom. The highest BCUT2D eigenvalue weighted by Crippen LogP contribution is 2.12. The fourth-order valence-corrected chi connectivity index (χ4v) is 4.10. The molecular weight excluding hydrogens is 406 g/mol. The zero-order valence-corrected chi connectivity index (χ0v) is 18.8. The summed E-state index contributed by atoms with van der Waals surface area (Å²) in [5, 5.41) is 6.54. The highest BCUT2D eigenvalue weighted by Gasteiger charge is 2.24. The van der Waals surface area contributed by atoms with Crippen molar-refractivity contribution < 1.29 is 17.9 Å². The third-order valence-corrected chi connectivity index (χ3v) is 6.19. The Labute approximate surface area is 179 Å². The SMILES string of the molecule is CCNC(=NCCNS(=O)(=O)c1ccc(C)cc1)NC1CCN(C(=O)OCC)CC1. The van der Waals surface area contributed by atoms with Crippen LogP contribution in [0.4, 0.5) is 4.79 Å². The third kappa shape index (κ3) is 7.49. The van der Waals surface area contributed by atoms with Crippen LogP contribution >= 0.6 is 0 Å². The van der Waals surface area contributed by atoms with E-state index in [4.69, 9.17) is 4.74 Å². The van der Waals surface area contributed by atoms with E-state index in [1.165, 1.54) is 0 Å². The number of amides is 1. The van der Waals surface area contributed by atoms with Crippen LogP contribution in [-0.4, -0.2) is 70.7 Å². The quantitative estimate of drug-likeness (QED) is 0.321. The van der Waals surface area contributed by atoms with E-state index in [0.717, 1.165) is 18.4 Å². The van der Waals surface area contributed by atoms with Gasteiger partial charge in [-0.15, -0.1) is 0 Å². The lowest BCUT2D eigenvalue weighted by atomic mass is 10.1. The number of guanidine groups is 1. The van der Waals surface area contributed by atoms with Gasteiger partial charge in [-0.3, -0.25) is 4.99 Å². The number of ether oxygens (including phenoxy) is 1. The smallest absolute Gasteiger partial charge is 0.409 e. The first-order valence-corrected chi connectivity index (χ1v) is 11.9. The van der Waals surface area contributed by atoms with Crippen LogP contribution in [0.3, 0.4) is 0 Å². The molecule has 10 heteroatoms. The molecular formula is C20H33N5O4S. The minimum Gasteiger partial charge on any atom is -0.450 e. The molecule has 1 aliphatic rings. The first-order valence-electron chi connectivity index (χ1n) is 10.4. The van der Waals surface area contributed by atoms with Crippen molar-refractivity contribution >= 4 is 22.1 Å². The van der Waals surface area contributed by atoms with Crippen molar-refractivity contribution in [1.29, 1.82) is 0 Å². The van der Waals surface area contributed by atoms with Crippen LogP contribution in [-0.2, 0) is 14.8 Å². The van der Waals surface area contributed by atoms with Gasteiger partial charge in [-0.05, 0) is 45.7 Å². The van der Waals surface area contributed by atoms with Gasteiger partial charge in [0.25, 0.3) is 0 Å². The number of carbonyl (C=O) groups is 1. The summed E-state index contributed by atoms with van der Waals surface area (Å²) in [6.07, 6.45) is 1.32. The van der Waals surface area contributed by atoms with E-state index >= 15 is 0 Å². The topological polar surface area (TPSA) is 112 Å². The molecule has 1 amide bonds. The van der Waals surface area contributed by atoms with E-state index in [-0.39, 0.29) is 23.6 Å². The molecule has 0 bridgehead atoms. The zero-order valence-electron chi connectivity index (χ0n) is 18.0. The second-order valence-electron chi connectivity index (χ2n) is 7.08. The summed E-state index contributed by atoms with van der Waals surface area (Å²) in [5.41, 5.74) is 1.01. The van der Waals surface area contributed by atoms with Gasteiger partial charge >= 0.3 is 6.09 Å². The number of nitrogens with one attached hydrogen (secondary N) is 3. The summed E-state index contributed by atoms with van der Waals surface area (Å²) in [6, 6.07) is 6.92. The number of aryl methyl sites for hydroxylation is 1. The fourth-order valence-electron chi connectivity index (χ4n) is 3.08. The van der Waals surface area contributed by atoms with Crippen LogP contribution in [0.5, 0.6) is 0 Å². The lowest BCUT2D eigenvalue weighted by Crippen LogP contribution is -2.50. The molecule has 168 valence electrons. The summed E-state index contributed by atoms with van der Waals surface area (Å²) >= 11 is 0. The van der Waals surface area contributed by atoms with E-state index in [2.05, 4.69) is 20.3 Å². The molecule has 0 radical (unpaired) electrons. The number of hydrogen-bond acceptors (Lipinski definition) is 5. The second-order valence-corrected chi connectivity index (χ2v) is 8.84. The largest absolute Gasteiger partial charge is 0.450 e. The number of piperidine rings is 1. The normalized spacial score (nSPS) is 15.7. The van der Waals surface area contributed by atoms with Gasteiger partial charge in [0.05, 0.1) is 18.0 Å². The zero-order chi connectivity index (χ0) is 22.0. The predicted molar refractivity (Wildman–Crippen MR) is 117 cm³/mol. The fraction of sp³-hybridized carbons (Fsp3) is 0.600. The maximum absolute atomic E-state index is 12.3. The average Bonchev–Trinajstić information content (AvgIpc) is 2.72. The first kappa shape index (κ1) is 23.9. The Bertz CT molecular complexity index is 803. The maximum Gasteiger partial charge on any atom is 0.409 e. The Balaban J connectivity index is 1.82. The van der Waals surface area contributed by atoms with Crippen molar-refractivity contribution in [3.63, 3.8) is 0 Å². The average molecular weight is 440 g/mol. The van der Waals surface area contributed by atoms with E-state index in [9.17, 15) is 13.2 Å². The number of nitrogens with zero attached hydrogens (tertiary/aromatic N) is 2. The first-order chi connectivity index (χ1) is 14.4. The molecule has 1 aromatic carbocycles. The molecule has 1 fully saturated rings. The van der Waals surface area contributed by atoms with Crippen LogP contribution in [0.2, 0.25) is 0 Å². The van der Waals surface area contributed by atoms with Gasteiger partial charge in [-0.1, -0.05) is 17.7 Å². The van der Waals surface area contributed by atoms with Crippen LogP contribution in [0.25, 0.3) is 0 Å². The lowest BCUT2D eigenvalue weighted by molar-refractivity contribution is 0.0963. The van der Waals surface area contributed by atoms with Gasteiger partial charge in [0.15, 0.2) is 5.96 Å². The molecule has 0 aromatic heterocycles. The number of rotatable bonds is 8. The summed E-state index contributed by atoms with van der Waals surface area (Å²) in [4.78, 5) is 18.2. The molecule has 0 aliphatic carbocycles. The molecule has 1 saturated heterocycles. The van der Waals surface area contributed by atoms with E-state index in [0.29, 0.717) is 38.7 Å². The second kappa shape index (κ2) is 11.8. The lowest BCUT2D eigenvalue weighted by Gasteiger charge is -2.32. The van der Waals surface area contributed by atoms with Crippen LogP contribution in [0.15, 0.2) is 34.2 Å². The van der Waals surface area contributed by atoms with Gasteiger partial charge in [0.2, 0.25) is 10.0 Å². The standard InChI is InChI=1S/C20H33N5O4S/c1-4-21-19(24-17-10-14-25(15-11-17)20(26)29-5-2)22-12-13-23-30(27,28)18-8-6-16(3)7-9-18/h6-9,17,23H,4-5,10-15H2,1-3H3,(H2,21,22,24). The van der Waals surface area contributed by atoms with Crippen LogP contribution in [0.1, 0.15) is 32.3 Å². The summed E-state index contributed by atoms with van der Waals surface area (Å²) in [7, 11) is -3.54. The van der Waals surface area contributed by atoms with Crippen molar-refractivity contribution in [3.05, 3.63) is 29.8 Å². The Morgan fingerprint density at radius 2 is 1.87 bits per heavy atom. The Morgan fingerprint density at radius 1 is 1.20 bits per heavy atom. The minimum absolute atomic E-state index is 0.192. The van der Waals surface area contributed by atoms with Crippen molar-refractivity contribution in [1.82, 2.24) is 20.3 Å². The highest BCUT2D eigenvalue weighted by molar-refractivity contribution is 7.89. The Kier molecular flexibility index (Phi) is 9.38. The van der Waals surface area contributed by atoms with Crippen molar-refractivity contribution in [2.24, 2.45) is 4.99 Å². The van der Waals surface area contributed by atoms with E-state index < -0.39 is 10.0 Å². The molecule has 9 nitrogen and oxygen atoms in total. The molecule has 0 atom stereocenters. The van der Waals surface area contributed by atoms with Crippen LogP contribution in [0, 0.1) is 6.92 Å². The van der Waals surface area contributed by atoms with Crippen molar-refractivity contribution in [3.8, 4) is 0 Å². The molecule has 1 aliphatic heterocycles. The third-order valence-electron chi connectivity index (χ3n) is 4.71. The highest BCUT2D eigenvalue weighted by atomic mass is 32.2. The number of likely N-dealkylation sites (tertiary alicyclic amines) is 1. The number of carbonyl (C=O) groups excluding carboxylic acids is 1. The molecule has 2 rings (SSSR count). The van der Waals surface area contributed by atoms with Gasteiger partial charge in [-0.2, -0.15) is 0 Å². The van der Waals surface area contributed by atoms with Gasteiger partial charge in [0, 0.05) is 32.2 Å². The van der Waals surface area contributed by atoms with E-state index in [1.54, 1.807) is 36.1 Å². The van der Waals surface area contributed by atoms with Crippen molar-refractivity contribution in [2.45, 2.75) is 44.6 Å². The molecule has 0 saturated carbocycles. The molecule has 30 heavy (non-hydrogen) atoms. The summed E-state index contributed by atoms with van der Waals surface area (Å²) < 4.78 is 32.3. The maximum atomic E-state index is 12.3. The van der Waals surface area contributed by atoms with E-state index in [1.807, 2.05) is 13.8 Å². The molecule has 0 spiro atoms. The number of sulfonamides is 1. The predicted octanol–water partition coefficient (Wildman–Crippen LogP) is 1.45. The van der Waals surface area contributed by atoms with Crippen LogP contribution < -0.4 is 15.4 Å². The number of hydrogen-bond donors (Lipinski definition) is 3. The number of aliphatic imine (C=N–C) groups is 1. The molecule has 0 unspecified atom stereocenters. The van der Waals surface area contributed by atoms with Gasteiger partial charge in [-0.25, -0.2) is 17.9 Å². The summed E-state index contributed by atoms with van der Waals surface area (Å²) in [5.74, 6) is 0.640. The van der Waals surface area contributed by atoms with Gasteiger partial charge < -0.3 is 20.3 Å². The molecule has 3 N–H and O–H groups in total. The monoisotopic (exact) mass is 439 g/mol. The molecule has 1 aromatic rings. The number of benzene rings is 1. The summed E-state index contributed by atoms with van der Waals surface area (Å²) in [6.45, 7) is 8.53. The Hall–Kier alpha value is -2.33. The molecule has 1 heterocycles. The minimum atomic E-state index is -3.54. The van der Waals surface area contributed by atoms with Crippen molar-refractivity contribution in [2.75, 3.05) is 39.3 Å².